The van der Waals surface area contributed by atoms with Gasteiger partial charge >= 0.3 is 0 Å². The van der Waals surface area contributed by atoms with Crippen LogP contribution in [0.1, 0.15) is 26.9 Å². The highest BCUT2D eigenvalue weighted by atomic mass is 35.5. The molecule has 0 bridgehead atoms. The van der Waals surface area contributed by atoms with Gasteiger partial charge in [-0.1, -0.05) is 35.4 Å². The predicted molar refractivity (Wildman–Crippen MR) is 104 cm³/mol. The maximum absolute atomic E-state index is 13.1. The van der Waals surface area contributed by atoms with Crippen LogP contribution in [-0.4, -0.2) is 20.9 Å². The van der Waals surface area contributed by atoms with E-state index >= 15 is 0 Å². The average molecular weight is 404 g/mol. The second kappa shape index (κ2) is 7.98. The van der Waals surface area contributed by atoms with Gasteiger partial charge in [0.2, 0.25) is 0 Å². The van der Waals surface area contributed by atoms with E-state index in [9.17, 15) is 13.2 Å². The van der Waals surface area contributed by atoms with Crippen LogP contribution in [0.4, 0.5) is 0 Å². The largest absolute Gasteiger partial charge is 0.468 e. The molecule has 1 atom stereocenters. The number of carbonyl (C=O) groups is 1. The number of halogens is 1. The number of benzene rings is 2. The standard InChI is InChI=1S/C20H18ClNO4S/c1-14-7-9-17(10-8-14)27(24,25)19(18-6-3-11-26-18)13-22-20(23)15-4-2-5-16(21)12-15/h2-12,19H,13H2,1H3,(H,22,23)/t19-/m0/s1. The molecular formula is C20H18ClNO4S. The quantitative estimate of drug-likeness (QED) is 0.669. The smallest absolute Gasteiger partial charge is 0.251 e. The van der Waals surface area contributed by atoms with Crippen LogP contribution in [0, 0.1) is 6.92 Å². The van der Waals surface area contributed by atoms with E-state index in [1.807, 2.05) is 6.92 Å². The van der Waals surface area contributed by atoms with E-state index < -0.39 is 21.0 Å². The minimum Gasteiger partial charge on any atom is -0.468 e. The molecule has 0 fully saturated rings. The average Bonchev–Trinajstić information content (AvgIpc) is 3.16. The van der Waals surface area contributed by atoms with Gasteiger partial charge in [0, 0.05) is 17.1 Å². The predicted octanol–water partition coefficient (Wildman–Crippen LogP) is 4.19. The Kier molecular flexibility index (Phi) is 5.68. The SMILES string of the molecule is Cc1ccc(S(=O)(=O)[C@@H](CNC(=O)c2cccc(Cl)c2)c2ccco2)cc1. The molecule has 0 saturated heterocycles. The fraction of sp³-hybridized carbons (Fsp3) is 0.150. The van der Waals surface area contributed by atoms with Crippen LogP contribution in [-0.2, 0) is 9.84 Å². The summed E-state index contributed by atoms with van der Waals surface area (Å²) in [5, 5.41) is 2.05. The lowest BCUT2D eigenvalue weighted by atomic mass is 10.2. The molecule has 27 heavy (non-hydrogen) atoms. The third-order valence-corrected chi connectivity index (χ3v) is 6.43. The molecule has 1 N–H and O–H groups in total. The lowest BCUT2D eigenvalue weighted by molar-refractivity contribution is 0.0953. The zero-order valence-electron chi connectivity index (χ0n) is 14.6. The Balaban J connectivity index is 1.86. The lowest BCUT2D eigenvalue weighted by Crippen LogP contribution is -2.31. The first-order valence-corrected chi connectivity index (χ1v) is 10.2. The Morgan fingerprint density at radius 2 is 1.85 bits per heavy atom. The molecule has 140 valence electrons. The van der Waals surface area contributed by atoms with Gasteiger partial charge in [-0.15, -0.1) is 0 Å². The second-order valence-corrected chi connectivity index (χ2v) is 8.65. The van der Waals surface area contributed by atoms with Crippen molar-refractivity contribution in [3.8, 4) is 0 Å². The van der Waals surface area contributed by atoms with E-state index in [0.717, 1.165) is 5.56 Å². The maximum Gasteiger partial charge on any atom is 0.251 e. The van der Waals surface area contributed by atoms with Crippen LogP contribution in [0.25, 0.3) is 0 Å². The van der Waals surface area contributed by atoms with E-state index in [2.05, 4.69) is 5.32 Å². The molecule has 0 aliphatic rings. The Morgan fingerprint density at radius 1 is 1.11 bits per heavy atom. The number of hydrogen-bond acceptors (Lipinski definition) is 4. The van der Waals surface area contributed by atoms with E-state index in [-0.39, 0.29) is 17.2 Å². The van der Waals surface area contributed by atoms with E-state index in [1.165, 1.54) is 12.3 Å². The van der Waals surface area contributed by atoms with Crippen molar-refractivity contribution >= 4 is 27.3 Å². The summed E-state index contributed by atoms with van der Waals surface area (Å²) in [4.78, 5) is 12.6. The molecule has 3 aromatic rings. The van der Waals surface area contributed by atoms with Gasteiger partial charge in [-0.2, -0.15) is 0 Å². The molecule has 0 aliphatic heterocycles. The van der Waals surface area contributed by atoms with Crippen LogP contribution < -0.4 is 5.32 Å². The second-order valence-electron chi connectivity index (χ2n) is 6.08. The molecule has 1 aromatic heterocycles. The van der Waals surface area contributed by atoms with Crippen LogP contribution in [0.2, 0.25) is 5.02 Å². The molecule has 1 amide bonds. The molecule has 0 aliphatic carbocycles. The Hall–Kier alpha value is -2.57. The van der Waals surface area contributed by atoms with E-state index in [0.29, 0.717) is 10.6 Å². The summed E-state index contributed by atoms with van der Waals surface area (Å²) in [5.41, 5.74) is 1.31. The number of sulfone groups is 1. The topological polar surface area (TPSA) is 76.4 Å². The zero-order valence-corrected chi connectivity index (χ0v) is 16.1. The number of rotatable bonds is 6. The first-order chi connectivity index (χ1) is 12.9. The summed E-state index contributed by atoms with van der Waals surface area (Å²) in [7, 11) is -3.76. The first-order valence-electron chi connectivity index (χ1n) is 8.25. The van der Waals surface area contributed by atoms with Gasteiger partial charge in [0.15, 0.2) is 9.84 Å². The fourth-order valence-corrected chi connectivity index (χ4v) is 4.42. The van der Waals surface area contributed by atoms with Crippen LogP contribution in [0.5, 0.6) is 0 Å². The summed E-state index contributed by atoms with van der Waals surface area (Å²) < 4.78 is 31.6. The van der Waals surface area contributed by atoms with Crippen molar-refractivity contribution in [2.75, 3.05) is 6.54 Å². The monoisotopic (exact) mass is 403 g/mol. The van der Waals surface area contributed by atoms with Crippen molar-refractivity contribution in [1.29, 1.82) is 0 Å². The zero-order chi connectivity index (χ0) is 19.4. The molecular weight excluding hydrogens is 386 g/mol. The highest BCUT2D eigenvalue weighted by Gasteiger charge is 2.31. The molecule has 1 heterocycles. The summed E-state index contributed by atoms with van der Waals surface area (Å²) in [6.45, 7) is 1.75. The summed E-state index contributed by atoms with van der Waals surface area (Å²) in [6, 6.07) is 16.2. The first kappa shape index (κ1) is 19.2. The van der Waals surface area contributed by atoms with Gasteiger partial charge in [0.1, 0.15) is 11.0 Å². The summed E-state index contributed by atoms with van der Waals surface area (Å²) >= 11 is 5.91. The van der Waals surface area contributed by atoms with Gasteiger partial charge in [-0.25, -0.2) is 8.42 Å². The normalized spacial score (nSPS) is 12.5. The van der Waals surface area contributed by atoms with Crippen molar-refractivity contribution in [3.63, 3.8) is 0 Å². The minimum atomic E-state index is -3.76. The molecule has 0 saturated carbocycles. The third-order valence-electron chi connectivity index (χ3n) is 4.12. The third kappa shape index (κ3) is 4.40. The molecule has 3 rings (SSSR count). The number of aryl methyl sites for hydroxylation is 1. The van der Waals surface area contributed by atoms with E-state index in [1.54, 1.807) is 54.6 Å². The lowest BCUT2D eigenvalue weighted by Gasteiger charge is -2.17. The maximum atomic E-state index is 13.1. The van der Waals surface area contributed by atoms with Crippen LogP contribution in [0.3, 0.4) is 0 Å². The van der Waals surface area contributed by atoms with Crippen molar-refractivity contribution in [1.82, 2.24) is 5.32 Å². The Morgan fingerprint density at radius 3 is 2.48 bits per heavy atom. The molecule has 2 aromatic carbocycles. The minimum absolute atomic E-state index is 0.130. The van der Waals surface area contributed by atoms with E-state index in [4.69, 9.17) is 16.0 Å². The van der Waals surface area contributed by atoms with Gasteiger partial charge in [0.25, 0.3) is 5.91 Å². The van der Waals surface area contributed by atoms with Gasteiger partial charge in [0.05, 0.1) is 11.2 Å². The molecule has 0 unspecified atom stereocenters. The highest BCUT2D eigenvalue weighted by molar-refractivity contribution is 7.91. The number of hydrogen-bond donors (Lipinski definition) is 1. The highest BCUT2D eigenvalue weighted by Crippen LogP contribution is 2.29. The number of carbonyl (C=O) groups excluding carboxylic acids is 1. The van der Waals surface area contributed by atoms with Gasteiger partial charge in [-0.3, -0.25) is 4.79 Å². The van der Waals surface area contributed by atoms with Gasteiger partial charge in [-0.05, 0) is 49.4 Å². The number of nitrogens with one attached hydrogen (secondary N) is 1. The van der Waals surface area contributed by atoms with Crippen LogP contribution in [0.15, 0.2) is 76.2 Å². The van der Waals surface area contributed by atoms with Crippen molar-refractivity contribution in [2.45, 2.75) is 17.1 Å². The number of furan rings is 1. The molecule has 5 nitrogen and oxygen atoms in total. The van der Waals surface area contributed by atoms with Crippen molar-refractivity contribution in [2.24, 2.45) is 0 Å². The Bertz CT molecular complexity index is 1030. The van der Waals surface area contributed by atoms with Crippen LogP contribution >= 0.6 is 11.6 Å². The summed E-state index contributed by atoms with van der Waals surface area (Å²) in [5.74, 6) is -0.143. The molecule has 0 radical (unpaired) electrons. The molecule has 0 spiro atoms. The fourth-order valence-electron chi connectivity index (χ4n) is 2.65. The van der Waals surface area contributed by atoms with Crippen molar-refractivity contribution < 1.29 is 17.6 Å². The molecule has 7 heteroatoms. The summed E-state index contributed by atoms with van der Waals surface area (Å²) in [6.07, 6.45) is 1.41. The Labute approximate surface area is 162 Å². The number of amides is 1. The van der Waals surface area contributed by atoms with Crippen molar-refractivity contribution in [3.05, 3.63) is 88.8 Å². The van der Waals surface area contributed by atoms with Gasteiger partial charge < -0.3 is 9.73 Å².